The van der Waals surface area contributed by atoms with Crippen LogP contribution < -0.4 is 10.1 Å². The first kappa shape index (κ1) is 15.7. The molecule has 116 valence electrons. The second-order valence-electron chi connectivity index (χ2n) is 5.20. The van der Waals surface area contributed by atoms with E-state index in [2.05, 4.69) is 10.1 Å². The van der Waals surface area contributed by atoms with E-state index in [1.165, 1.54) is 18.2 Å². The molecule has 1 aromatic carbocycles. The summed E-state index contributed by atoms with van der Waals surface area (Å²) in [6, 6.07) is 5.81. The van der Waals surface area contributed by atoms with Crippen molar-refractivity contribution in [2.75, 3.05) is 6.54 Å². The van der Waals surface area contributed by atoms with Crippen molar-refractivity contribution < 1.29 is 23.4 Å². The highest BCUT2D eigenvalue weighted by Crippen LogP contribution is 2.27. The smallest absolute Gasteiger partial charge is 0.387 e. The van der Waals surface area contributed by atoms with Crippen molar-refractivity contribution in [2.24, 2.45) is 5.92 Å². The van der Waals surface area contributed by atoms with Crippen LogP contribution in [-0.4, -0.2) is 30.3 Å². The van der Waals surface area contributed by atoms with Gasteiger partial charge in [0.15, 0.2) is 0 Å². The largest absolute Gasteiger partial charge is 0.434 e. The Morgan fingerprint density at radius 1 is 1.33 bits per heavy atom. The van der Waals surface area contributed by atoms with Crippen molar-refractivity contribution in [1.82, 2.24) is 5.32 Å². The minimum Gasteiger partial charge on any atom is -0.434 e. The van der Waals surface area contributed by atoms with Crippen molar-refractivity contribution in [1.29, 1.82) is 0 Å². The normalized spacial score (nSPS) is 17.0. The number of para-hydroxylation sites is 1. The van der Waals surface area contributed by atoms with E-state index in [0.717, 1.165) is 25.7 Å². The molecular formula is C15H19F2NO3. The number of amides is 1. The summed E-state index contributed by atoms with van der Waals surface area (Å²) in [7, 11) is 0. The van der Waals surface area contributed by atoms with E-state index in [-0.39, 0.29) is 23.8 Å². The van der Waals surface area contributed by atoms with Crippen LogP contribution in [-0.2, 0) is 0 Å². The van der Waals surface area contributed by atoms with Gasteiger partial charge in [0.25, 0.3) is 5.91 Å². The lowest BCUT2D eigenvalue weighted by Crippen LogP contribution is -2.35. The van der Waals surface area contributed by atoms with Crippen LogP contribution in [0.2, 0.25) is 0 Å². The van der Waals surface area contributed by atoms with Crippen LogP contribution in [0.4, 0.5) is 8.78 Å². The van der Waals surface area contributed by atoms with Gasteiger partial charge in [0.1, 0.15) is 5.75 Å². The second kappa shape index (κ2) is 7.36. The quantitative estimate of drug-likeness (QED) is 0.849. The van der Waals surface area contributed by atoms with Crippen molar-refractivity contribution in [3.63, 3.8) is 0 Å². The average Bonchev–Trinajstić information content (AvgIpc) is 2.98. The third-order valence-corrected chi connectivity index (χ3v) is 3.76. The van der Waals surface area contributed by atoms with Crippen LogP contribution in [0.1, 0.15) is 36.0 Å². The third-order valence-electron chi connectivity index (χ3n) is 3.76. The third kappa shape index (κ3) is 4.39. The van der Waals surface area contributed by atoms with Gasteiger partial charge in [-0.05, 0) is 30.9 Å². The van der Waals surface area contributed by atoms with Crippen LogP contribution in [0.25, 0.3) is 0 Å². The van der Waals surface area contributed by atoms with Crippen molar-refractivity contribution in [2.45, 2.75) is 38.4 Å². The minimum atomic E-state index is -2.98. The highest BCUT2D eigenvalue weighted by molar-refractivity contribution is 5.96. The number of carbonyl (C=O) groups excluding carboxylic acids is 1. The Hall–Kier alpha value is -1.69. The van der Waals surface area contributed by atoms with E-state index in [1.807, 2.05) is 0 Å². The molecule has 1 atom stereocenters. The Kier molecular flexibility index (Phi) is 5.50. The van der Waals surface area contributed by atoms with Gasteiger partial charge in [0.05, 0.1) is 11.7 Å². The van der Waals surface area contributed by atoms with Crippen LogP contribution >= 0.6 is 0 Å². The number of rotatable bonds is 6. The van der Waals surface area contributed by atoms with E-state index < -0.39 is 18.6 Å². The number of halogens is 2. The Morgan fingerprint density at radius 3 is 2.67 bits per heavy atom. The zero-order valence-corrected chi connectivity index (χ0v) is 11.6. The van der Waals surface area contributed by atoms with E-state index in [4.69, 9.17) is 0 Å². The molecule has 0 bridgehead atoms. The molecular weight excluding hydrogens is 280 g/mol. The van der Waals surface area contributed by atoms with Crippen molar-refractivity contribution in [3.8, 4) is 5.75 Å². The molecule has 1 saturated carbocycles. The highest BCUT2D eigenvalue weighted by Gasteiger charge is 2.24. The molecule has 1 amide bonds. The fourth-order valence-electron chi connectivity index (χ4n) is 2.65. The molecule has 0 heterocycles. The summed E-state index contributed by atoms with van der Waals surface area (Å²) in [6.07, 6.45) is 3.52. The molecule has 1 fully saturated rings. The predicted molar refractivity (Wildman–Crippen MR) is 73.4 cm³/mol. The van der Waals surface area contributed by atoms with Crippen LogP contribution in [0, 0.1) is 5.92 Å². The molecule has 6 heteroatoms. The molecule has 2 N–H and O–H groups in total. The van der Waals surface area contributed by atoms with Crippen LogP contribution in [0.5, 0.6) is 5.75 Å². The number of nitrogens with one attached hydrogen (secondary N) is 1. The standard InChI is InChI=1S/C15H19F2NO3/c16-15(17)21-13-8-4-3-7-11(13)14(20)18-9-12(19)10-5-1-2-6-10/h3-4,7-8,10,12,15,19H,1-2,5-6,9H2,(H,18,20). The molecule has 0 saturated heterocycles. The summed E-state index contributed by atoms with van der Waals surface area (Å²) in [5.74, 6) is -0.485. The first-order chi connectivity index (χ1) is 10.1. The Bertz CT molecular complexity index is 476. The number of ether oxygens (including phenoxy) is 1. The van der Waals surface area contributed by atoms with Crippen LogP contribution in [0.15, 0.2) is 24.3 Å². The molecule has 21 heavy (non-hydrogen) atoms. The second-order valence-corrected chi connectivity index (χ2v) is 5.20. The monoisotopic (exact) mass is 299 g/mol. The summed E-state index contributed by atoms with van der Waals surface area (Å²) >= 11 is 0. The predicted octanol–water partition coefficient (Wildman–Crippen LogP) is 2.57. The molecule has 0 aromatic heterocycles. The minimum absolute atomic E-state index is 0.0384. The number of hydrogen-bond acceptors (Lipinski definition) is 3. The van der Waals surface area contributed by atoms with E-state index in [0.29, 0.717) is 0 Å². The lowest BCUT2D eigenvalue weighted by Gasteiger charge is -2.18. The van der Waals surface area contributed by atoms with Crippen molar-refractivity contribution in [3.05, 3.63) is 29.8 Å². The maximum absolute atomic E-state index is 12.3. The number of benzene rings is 1. The van der Waals surface area contributed by atoms with Crippen molar-refractivity contribution >= 4 is 5.91 Å². The van der Waals surface area contributed by atoms with Gasteiger partial charge in [-0.15, -0.1) is 0 Å². The molecule has 1 aromatic rings. The van der Waals surface area contributed by atoms with Gasteiger partial charge >= 0.3 is 6.61 Å². The molecule has 0 aliphatic heterocycles. The van der Waals surface area contributed by atoms with Gasteiger partial charge < -0.3 is 15.2 Å². The first-order valence-corrected chi connectivity index (χ1v) is 7.08. The number of hydrogen-bond donors (Lipinski definition) is 2. The SMILES string of the molecule is O=C(NCC(O)C1CCCC1)c1ccccc1OC(F)F. The van der Waals surface area contributed by atoms with E-state index in [1.54, 1.807) is 6.07 Å². The maximum Gasteiger partial charge on any atom is 0.387 e. The lowest BCUT2D eigenvalue weighted by molar-refractivity contribution is -0.0501. The Labute approximate surface area is 122 Å². The zero-order chi connectivity index (χ0) is 15.2. The first-order valence-electron chi connectivity index (χ1n) is 7.08. The zero-order valence-electron chi connectivity index (χ0n) is 11.6. The molecule has 1 aliphatic carbocycles. The Balaban J connectivity index is 1.93. The average molecular weight is 299 g/mol. The summed E-state index contributed by atoms with van der Waals surface area (Å²) in [5.41, 5.74) is 0.0384. The van der Waals surface area contributed by atoms with Gasteiger partial charge in [0, 0.05) is 6.54 Å². The summed E-state index contributed by atoms with van der Waals surface area (Å²) in [5, 5.41) is 12.6. The molecule has 1 unspecified atom stereocenters. The van der Waals surface area contributed by atoms with E-state index >= 15 is 0 Å². The molecule has 2 rings (SSSR count). The molecule has 1 aliphatic rings. The number of alkyl halides is 2. The summed E-state index contributed by atoms with van der Waals surface area (Å²) < 4.78 is 28.9. The molecule has 0 spiro atoms. The number of carbonyl (C=O) groups is 1. The summed E-state index contributed by atoms with van der Waals surface area (Å²) in [6.45, 7) is -2.87. The van der Waals surface area contributed by atoms with Gasteiger partial charge in [0.2, 0.25) is 0 Å². The Morgan fingerprint density at radius 2 is 2.00 bits per heavy atom. The lowest BCUT2D eigenvalue weighted by atomic mass is 10.0. The highest BCUT2D eigenvalue weighted by atomic mass is 19.3. The van der Waals surface area contributed by atoms with Gasteiger partial charge in [-0.3, -0.25) is 4.79 Å². The van der Waals surface area contributed by atoms with Gasteiger partial charge in [-0.2, -0.15) is 8.78 Å². The van der Waals surface area contributed by atoms with Gasteiger partial charge in [-0.1, -0.05) is 25.0 Å². The fourth-order valence-corrected chi connectivity index (χ4v) is 2.65. The maximum atomic E-state index is 12.3. The fraction of sp³-hybridized carbons (Fsp3) is 0.533. The van der Waals surface area contributed by atoms with Crippen LogP contribution in [0.3, 0.4) is 0 Å². The molecule has 4 nitrogen and oxygen atoms in total. The number of aliphatic hydroxyl groups is 1. The number of aliphatic hydroxyl groups excluding tert-OH is 1. The molecule has 0 radical (unpaired) electrons. The topological polar surface area (TPSA) is 58.6 Å². The van der Waals surface area contributed by atoms with E-state index in [9.17, 15) is 18.7 Å². The van der Waals surface area contributed by atoms with Gasteiger partial charge in [-0.25, -0.2) is 0 Å². The summed E-state index contributed by atoms with van der Waals surface area (Å²) in [4.78, 5) is 12.0.